The fourth-order valence-corrected chi connectivity index (χ4v) is 3.60. The van der Waals surface area contributed by atoms with E-state index in [-0.39, 0.29) is 41.3 Å². The van der Waals surface area contributed by atoms with Crippen molar-refractivity contribution < 1.29 is 27.8 Å². The Hall–Kier alpha value is -4.54. The van der Waals surface area contributed by atoms with Gasteiger partial charge in [0.15, 0.2) is 17.4 Å². The third-order valence-electron chi connectivity index (χ3n) is 5.63. The third kappa shape index (κ3) is 5.09. The van der Waals surface area contributed by atoms with Crippen LogP contribution in [0.3, 0.4) is 0 Å². The molecule has 2 aromatic carbocycles. The van der Waals surface area contributed by atoms with Gasteiger partial charge in [-0.3, -0.25) is 14.7 Å². The number of benzene rings is 2. The lowest BCUT2D eigenvalue weighted by molar-refractivity contribution is -0.117. The number of fused-ring (bicyclic) bond motifs is 1. The Kier molecular flexibility index (Phi) is 6.19. The second-order valence-corrected chi connectivity index (χ2v) is 8.31. The van der Waals surface area contributed by atoms with Crippen LogP contribution in [0.1, 0.15) is 18.5 Å². The maximum absolute atomic E-state index is 14.7. The van der Waals surface area contributed by atoms with Crippen molar-refractivity contribution in [3.05, 3.63) is 66.0 Å². The Morgan fingerprint density at radius 1 is 1.06 bits per heavy atom. The van der Waals surface area contributed by atoms with Gasteiger partial charge in [-0.2, -0.15) is 5.10 Å². The van der Waals surface area contributed by atoms with Crippen LogP contribution in [-0.2, 0) is 16.0 Å². The first-order valence-corrected chi connectivity index (χ1v) is 11.1. The third-order valence-corrected chi connectivity index (χ3v) is 5.63. The number of aromatic amines is 1. The van der Waals surface area contributed by atoms with Gasteiger partial charge in [0.2, 0.25) is 11.8 Å². The summed E-state index contributed by atoms with van der Waals surface area (Å²) < 4.78 is 40.1. The van der Waals surface area contributed by atoms with E-state index in [1.165, 1.54) is 25.4 Å². The molecule has 2 aromatic heterocycles. The number of rotatable bonds is 8. The molecule has 184 valence electrons. The van der Waals surface area contributed by atoms with E-state index in [0.717, 1.165) is 25.0 Å². The standard InChI is InChI=1S/C25H21F2N5O4/c1-35-14-4-5-19-16(8-14)20(32-31-19)12-24(33)29-21-10-18(27)22(11-17(21)26)36-15-6-7-28-23(9-15)30-25(34)13-2-3-13/h4-11,13H,2-3,12H2,1H3,(H,29,33)(H,31,32)(H,28,30,34). The maximum Gasteiger partial charge on any atom is 0.230 e. The first-order chi connectivity index (χ1) is 17.4. The van der Waals surface area contributed by atoms with Gasteiger partial charge in [0, 0.05) is 35.7 Å². The number of anilines is 2. The molecule has 1 fully saturated rings. The number of hydrogen-bond acceptors (Lipinski definition) is 6. The number of aromatic nitrogens is 3. The van der Waals surface area contributed by atoms with Crippen molar-refractivity contribution in [1.29, 1.82) is 0 Å². The van der Waals surface area contributed by atoms with Crippen molar-refractivity contribution in [2.75, 3.05) is 17.7 Å². The van der Waals surface area contributed by atoms with E-state index in [1.54, 1.807) is 18.2 Å². The van der Waals surface area contributed by atoms with Crippen LogP contribution < -0.4 is 20.1 Å². The fourth-order valence-electron chi connectivity index (χ4n) is 3.60. The first-order valence-electron chi connectivity index (χ1n) is 11.1. The van der Waals surface area contributed by atoms with Crippen molar-refractivity contribution in [3.63, 3.8) is 0 Å². The molecule has 3 N–H and O–H groups in total. The Labute approximate surface area is 203 Å². The molecule has 5 rings (SSSR count). The fraction of sp³-hybridized carbons (Fsp3) is 0.200. The average Bonchev–Trinajstić information content (AvgIpc) is 3.64. The van der Waals surface area contributed by atoms with E-state index in [2.05, 4.69) is 25.8 Å². The zero-order valence-corrected chi connectivity index (χ0v) is 19.1. The molecular weight excluding hydrogens is 472 g/mol. The van der Waals surface area contributed by atoms with E-state index < -0.39 is 17.5 Å². The topological polar surface area (TPSA) is 118 Å². The van der Waals surface area contributed by atoms with Crippen LogP contribution in [0, 0.1) is 17.6 Å². The molecule has 0 atom stereocenters. The lowest BCUT2D eigenvalue weighted by Crippen LogP contribution is -2.16. The zero-order chi connectivity index (χ0) is 25.2. The minimum atomic E-state index is -0.887. The number of methoxy groups -OCH3 is 1. The monoisotopic (exact) mass is 493 g/mol. The molecule has 1 saturated carbocycles. The van der Waals surface area contributed by atoms with Crippen LogP contribution in [0.15, 0.2) is 48.7 Å². The Bertz CT molecular complexity index is 1470. The molecule has 0 bridgehead atoms. The van der Waals surface area contributed by atoms with Gasteiger partial charge < -0.3 is 20.1 Å². The number of H-pyrrole nitrogens is 1. The molecule has 4 aromatic rings. The van der Waals surface area contributed by atoms with Gasteiger partial charge in [0.25, 0.3) is 0 Å². The van der Waals surface area contributed by atoms with Gasteiger partial charge in [0.05, 0.1) is 30.4 Å². The van der Waals surface area contributed by atoms with Crippen molar-refractivity contribution >= 4 is 34.2 Å². The highest BCUT2D eigenvalue weighted by Gasteiger charge is 2.29. The molecule has 2 heterocycles. The molecule has 0 saturated heterocycles. The quantitative estimate of drug-likeness (QED) is 0.331. The molecule has 0 radical (unpaired) electrons. The molecule has 1 aliphatic rings. The van der Waals surface area contributed by atoms with Gasteiger partial charge in [-0.1, -0.05) is 0 Å². The zero-order valence-electron chi connectivity index (χ0n) is 19.1. The predicted molar refractivity (Wildman–Crippen MR) is 127 cm³/mol. The highest BCUT2D eigenvalue weighted by atomic mass is 19.1. The number of hydrogen-bond donors (Lipinski definition) is 3. The summed E-state index contributed by atoms with van der Waals surface area (Å²) in [6.07, 6.45) is 2.89. The molecule has 2 amide bonds. The van der Waals surface area contributed by atoms with E-state index >= 15 is 0 Å². The van der Waals surface area contributed by atoms with Gasteiger partial charge in [-0.15, -0.1) is 0 Å². The van der Waals surface area contributed by atoms with Crippen molar-refractivity contribution in [1.82, 2.24) is 15.2 Å². The second-order valence-electron chi connectivity index (χ2n) is 8.31. The minimum absolute atomic E-state index is 0.0137. The van der Waals surface area contributed by atoms with E-state index in [9.17, 15) is 18.4 Å². The van der Waals surface area contributed by atoms with Crippen LogP contribution in [0.2, 0.25) is 0 Å². The molecule has 0 unspecified atom stereocenters. The number of nitrogens with one attached hydrogen (secondary N) is 3. The molecule has 36 heavy (non-hydrogen) atoms. The number of nitrogens with zero attached hydrogens (tertiary/aromatic N) is 2. The number of carbonyl (C=O) groups excluding carboxylic acids is 2. The van der Waals surface area contributed by atoms with Crippen LogP contribution in [0.25, 0.3) is 10.9 Å². The molecule has 0 aliphatic heterocycles. The normalized spacial score (nSPS) is 12.9. The summed E-state index contributed by atoms with van der Waals surface area (Å²) >= 11 is 0. The summed E-state index contributed by atoms with van der Waals surface area (Å²) in [5.74, 6) is -1.89. The van der Waals surface area contributed by atoms with Gasteiger partial charge in [-0.25, -0.2) is 13.8 Å². The first kappa shape index (κ1) is 23.2. The van der Waals surface area contributed by atoms with E-state index in [1.807, 2.05) is 0 Å². The number of ether oxygens (including phenoxy) is 2. The Balaban J connectivity index is 1.27. The smallest absolute Gasteiger partial charge is 0.230 e. The van der Waals surface area contributed by atoms with E-state index in [4.69, 9.17) is 9.47 Å². The highest BCUT2D eigenvalue weighted by Crippen LogP contribution is 2.32. The summed E-state index contributed by atoms with van der Waals surface area (Å²) in [4.78, 5) is 28.5. The van der Waals surface area contributed by atoms with Crippen LogP contribution in [-0.4, -0.2) is 34.1 Å². The summed E-state index contributed by atoms with van der Waals surface area (Å²) in [5.41, 5.74) is 0.808. The lowest BCUT2D eigenvalue weighted by atomic mass is 10.1. The largest absolute Gasteiger partial charge is 0.497 e. The number of halogens is 2. The lowest BCUT2D eigenvalue weighted by Gasteiger charge is -2.11. The van der Waals surface area contributed by atoms with Gasteiger partial charge >= 0.3 is 0 Å². The highest BCUT2D eigenvalue weighted by molar-refractivity contribution is 5.95. The average molecular weight is 493 g/mol. The summed E-state index contributed by atoms with van der Waals surface area (Å²) in [6.45, 7) is 0. The molecule has 9 nitrogen and oxygen atoms in total. The van der Waals surface area contributed by atoms with Crippen molar-refractivity contribution in [3.8, 4) is 17.2 Å². The summed E-state index contributed by atoms with van der Waals surface area (Å²) in [7, 11) is 1.53. The van der Waals surface area contributed by atoms with Crippen LogP contribution >= 0.6 is 0 Å². The second kappa shape index (κ2) is 9.61. The molecule has 1 aliphatic carbocycles. The van der Waals surface area contributed by atoms with E-state index in [0.29, 0.717) is 22.3 Å². The van der Waals surface area contributed by atoms with Crippen LogP contribution in [0.5, 0.6) is 17.2 Å². The Morgan fingerprint density at radius 2 is 1.89 bits per heavy atom. The van der Waals surface area contributed by atoms with Crippen LogP contribution in [0.4, 0.5) is 20.3 Å². The van der Waals surface area contributed by atoms with Gasteiger partial charge in [-0.05, 0) is 37.1 Å². The number of pyridine rings is 1. The number of amides is 2. The molecular formula is C25H21F2N5O4. The van der Waals surface area contributed by atoms with Crippen molar-refractivity contribution in [2.24, 2.45) is 5.92 Å². The maximum atomic E-state index is 14.7. The molecule has 0 spiro atoms. The molecule has 11 heteroatoms. The summed E-state index contributed by atoms with van der Waals surface area (Å²) in [5, 5.41) is 12.7. The Morgan fingerprint density at radius 3 is 2.67 bits per heavy atom. The minimum Gasteiger partial charge on any atom is -0.497 e. The predicted octanol–water partition coefficient (Wildman–Crippen LogP) is 4.57. The van der Waals surface area contributed by atoms with Crippen molar-refractivity contribution in [2.45, 2.75) is 19.3 Å². The van der Waals surface area contributed by atoms with Gasteiger partial charge in [0.1, 0.15) is 17.3 Å². The summed E-state index contributed by atoms with van der Waals surface area (Å²) in [6, 6.07) is 9.79. The SMILES string of the molecule is COc1ccc2[nH]nc(CC(=O)Nc3cc(F)c(Oc4ccnc(NC(=O)C5CC5)c4)cc3F)c2c1. The number of carbonyl (C=O) groups is 2.